The summed E-state index contributed by atoms with van der Waals surface area (Å²) in [4.78, 5) is 8.91. The van der Waals surface area contributed by atoms with Crippen molar-refractivity contribution in [2.45, 2.75) is 61.3 Å². The van der Waals surface area contributed by atoms with Gasteiger partial charge in [-0.1, -0.05) is 66.3 Å². The topological polar surface area (TPSA) is 25.8 Å². The van der Waals surface area contributed by atoms with Gasteiger partial charge in [0.05, 0.1) is 5.57 Å². The molecular formula is C20H30ClFN2. The molecule has 0 aromatic carbocycles. The molecule has 0 fully saturated rings. The summed E-state index contributed by atoms with van der Waals surface area (Å²) in [6.07, 6.45) is 3.23. The maximum atomic E-state index is 13.6. The van der Waals surface area contributed by atoms with Crippen molar-refractivity contribution < 1.29 is 4.39 Å². The Kier molecular flexibility index (Phi) is 9.13. The molecular weight excluding hydrogens is 323 g/mol. The Hall–Kier alpha value is -1.48. The molecule has 0 saturated heterocycles. The van der Waals surface area contributed by atoms with E-state index in [-0.39, 0.29) is 16.0 Å². The van der Waals surface area contributed by atoms with E-state index in [1.807, 2.05) is 34.6 Å². The second kappa shape index (κ2) is 9.73. The zero-order valence-electron chi connectivity index (χ0n) is 16.1. The molecule has 1 aliphatic carbocycles. The summed E-state index contributed by atoms with van der Waals surface area (Å²) in [5, 5.41) is 0.223. The number of nitrogens with zero attached hydrogens (tertiary/aromatic N) is 2. The first kappa shape index (κ1) is 22.5. The van der Waals surface area contributed by atoms with Crippen molar-refractivity contribution in [3.63, 3.8) is 0 Å². The molecule has 2 nitrogen and oxygen atoms in total. The van der Waals surface area contributed by atoms with E-state index in [2.05, 4.69) is 37.0 Å². The highest BCUT2D eigenvalue weighted by Gasteiger charge is 2.32. The van der Waals surface area contributed by atoms with Gasteiger partial charge in [0.15, 0.2) is 5.82 Å². The number of hydrogen-bond acceptors (Lipinski definition) is 2. The predicted octanol–water partition coefficient (Wildman–Crippen LogP) is 6.58. The second-order valence-corrected chi connectivity index (χ2v) is 6.47. The Bertz CT molecular complexity index is 631. The minimum Gasteiger partial charge on any atom is -0.233 e. The van der Waals surface area contributed by atoms with Gasteiger partial charge in [0.2, 0.25) is 0 Å². The van der Waals surface area contributed by atoms with Crippen LogP contribution < -0.4 is 0 Å². The van der Waals surface area contributed by atoms with E-state index in [1.165, 1.54) is 11.6 Å². The third kappa shape index (κ3) is 5.86. The molecule has 1 aromatic heterocycles. The predicted molar refractivity (Wildman–Crippen MR) is 104 cm³/mol. The zero-order valence-corrected chi connectivity index (χ0v) is 16.8. The Morgan fingerprint density at radius 1 is 1.12 bits per heavy atom. The van der Waals surface area contributed by atoms with Crippen LogP contribution >= 0.6 is 11.6 Å². The number of aromatic nitrogens is 2. The normalized spacial score (nSPS) is 14.6. The van der Waals surface area contributed by atoms with Gasteiger partial charge in [-0.25, -0.2) is 14.4 Å². The first-order valence-electron chi connectivity index (χ1n) is 8.47. The van der Waals surface area contributed by atoms with E-state index in [0.29, 0.717) is 5.82 Å². The molecule has 0 amide bonds. The quantitative estimate of drug-likeness (QED) is 0.574. The molecule has 0 unspecified atom stereocenters. The third-order valence-corrected chi connectivity index (χ3v) is 3.54. The fourth-order valence-electron chi connectivity index (χ4n) is 2.57. The van der Waals surface area contributed by atoms with Crippen LogP contribution in [0.4, 0.5) is 4.39 Å². The molecule has 0 atom stereocenters. The zero-order chi connectivity index (χ0) is 19.1. The maximum Gasteiger partial charge on any atom is 0.162 e. The van der Waals surface area contributed by atoms with Crippen LogP contribution in [-0.4, -0.2) is 9.97 Å². The lowest BCUT2D eigenvalue weighted by Gasteiger charge is -2.14. The third-order valence-electron chi connectivity index (χ3n) is 3.43. The van der Waals surface area contributed by atoms with Crippen molar-refractivity contribution in [1.82, 2.24) is 9.97 Å². The van der Waals surface area contributed by atoms with Crippen molar-refractivity contribution in [2.75, 3.05) is 0 Å². The molecule has 0 bridgehead atoms. The summed E-state index contributed by atoms with van der Waals surface area (Å²) in [5.74, 6) is -0.281. The summed E-state index contributed by atoms with van der Waals surface area (Å²) < 4.78 is 13.6. The SMILES string of the molecule is C=C(Cl)/C=C(\C(=C)F)c1nc(C)c2c(n1)CC(C)(C)C2.CC.CC. The Morgan fingerprint density at radius 2 is 1.67 bits per heavy atom. The number of allylic oxidation sites excluding steroid dienone is 4. The minimum absolute atomic E-state index is 0.174. The molecule has 134 valence electrons. The summed E-state index contributed by atoms with van der Waals surface area (Å²) >= 11 is 5.73. The van der Waals surface area contributed by atoms with Crippen LogP contribution in [0.2, 0.25) is 0 Å². The summed E-state index contributed by atoms with van der Waals surface area (Å²) in [6, 6.07) is 0. The van der Waals surface area contributed by atoms with Crippen molar-refractivity contribution in [1.29, 1.82) is 0 Å². The van der Waals surface area contributed by atoms with Gasteiger partial charge in [-0.3, -0.25) is 0 Å². The number of aryl methyl sites for hydroxylation is 1. The van der Waals surface area contributed by atoms with E-state index >= 15 is 0 Å². The molecule has 1 aliphatic rings. The highest BCUT2D eigenvalue weighted by atomic mass is 35.5. The largest absolute Gasteiger partial charge is 0.233 e. The molecule has 0 saturated carbocycles. The van der Waals surface area contributed by atoms with Crippen LogP contribution in [0, 0.1) is 12.3 Å². The molecule has 1 aromatic rings. The molecule has 0 aliphatic heterocycles. The van der Waals surface area contributed by atoms with Gasteiger partial charge < -0.3 is 0 Å². The fraction of sp³-hybridized carbons (Fsp3) is 0.500. The van der Waals surface area contributed by atoms with Crippen molar-refractivity contribution >= 4 is 17.2 Å². The fourth-order valence-corrected chi connectivity index (χ4v) is 2.68. The molecule has 1 heterocycles. The van der Waals surface area contributed by atoms with Crippen LogP contribution in [0.1, 0.15) is 64.3 Å². The first-order chi connectivity index (χ1) is 11.2. The average molecular weight is 353 g/mol. The molecule has 0 N–H and O–H groups in total. The van der Waals surface area contributed by atoms with Crippen LogP contribution in [-0.2, 0) is 12.8 Å². The van der Waals surface area contributed by atoms with Gasteiger partial charge >= 0.3 is 0 Å². The Balaban J connectivity index is 0.00000123. The van der Waals surface area contributed by atoms with E-state index in [9.17, 15) is 4.39 Å². The summed E-state index contributed by atoms with van der Waals surface area (Å²) in [6.45, 7) is 21.2. The summed E-state index contributed by atoms with van der Waals surface area (Å²) in [5.41, 5.74) is 3.42. The highest BCUT2D eigenvalue weighted by Crippen LogP contribution is 2.37. The summed E-state index contributed by atoms with van der Waals surface area (Å²) in [7, 11) is 0. The van der Waals surface area contributed by atoms with E-state index in [0.717, 1.165) is 24.2 Å². The van der Waals surface area contributed by atoms with Crippen LogP contribution in [0.25, 0.3) is 5.57 Å². The van der Waals surface area contributed by atoms with E-state index in [4.69, 9.17) is 11.6 Å². The van der Waals surface area contributed by atoms with Crippen LogP contribution in [0.3, 0.4) is 0 Å². The van der Waals surface area contributed by atoms with Gasteiger partial charge in [0.25, 0.3) is 0 Å². The molecule has 0 spiro atoms. The Morgan fingerprint density at radius 3 is 2.12 bits per heavy atom. The second-order valence-electron chi connectivity index (χ2n) is 5.99. The number of rotatable bonds is 3. The highest BCUT2D eigenvalue weighted by molar-refractivity contribution is 6.31. The molecule has 2 rings (SSSR count). The van der Waals surface area contributed by atoms with Crippen molar-refractivity contribution in [3.05, 3.63) is 52.9 Å². The lowest BCUT2D eigenvalue weighted by Crippen LogP contribution is -2.10. The van der Waals surface area contributed by atoms with Gasteiger partial charge in [-0.2, -0.15) is 0 Å². The lowest BCUT2D eigenvalue weighted by molar-refractivity contribution is 0.390. The number of halogens is 2. The van der Waals surface area contributed by atoms with E-state index < -0.39 is 5.83 Å². The van der Waals surface area contributed by atoms with Gasteiger partial charge in [0, 0.05) is 16.4 Å². The first-order valence-corrected chi connectivity index (χ1v) is 8.85. The smallest absolute Gasteiger partial charge is 0.162 e. The maximum absolute atomic E-state index is 13.6. The monoisotopic (exact) mass is 352 g/mol. The standard InChI is InChI=1S/C16H18ClFN2.2C2H6/c1-9(17)6-12(10(2)18)15-19-11(3)13-7-16(4,5)8-14(13)20-15;2*1-2/h6H,1-2,7-8H2,3-5H3;2*1-2H3/b12-6+;;. The van der Waals surface area contributed by atoms with Crippen molar-refractivity contribution in [3.8, 4) is 0 Å². The van der Waals surface area contributed by atoms with Gasteiger partial charge in [-0.05, 0) is 36.8 Å². The number of fused-ring (bicyclic) bond motifs is 1. The average Bonchev–Trinajstić information content (AvgIpc) is 2.83. The van der Waals surface area contributed by atoms with Crippen LogP contribution in [0.15, 0.2) is 30.1 Å². The minimum atomic E-state index is -0.608. The van der Waals surface area contributed by atoms with Crippen LogP contribution in [0.5, 0.6) is 0 Å². The Labute approximate surface area is 151 Å². The molecule has 4 heteroatoms. The van der Waals surface area contributed by atoms with Crippen molar-refractivity contribution in [2.24, 2.45) is 5.41 Å². The lowest BCUT2D eigenvalue weighted by atomic mass is 9.90. The van der Waals surface area contributed by atoms with E-state index in [1.54, 1.807) is 0 Å². The van der Waals surface area contributed by atoms with Gasteiger partial charge in [-0.15, -0.1) is 0 Å². The van der Waals surface area contributed by atoms with Gasteiger partial charge in [0.1, 0.15) is 5.83 Å². The molecule has 24 heavy (non-hydrogen) atoms. The number of hydrogen-bond donors (Lipinski definition) is 0. The molecule has 0 radical (unpaired) electrons.